The molecule has 13 rings (SSSR count). The molecular weight excluding hydrogens is 901 g/mol. The number of anilines is 6. The zero-order chi connectivity index (χ0) is 49.1. The van der Waals surface area contributed by atoms with E-state index in [0.29, 0.717) is 0 Å². The highest BCUT2D eigenvalue weighted by Gasteiger charge is 2.38. The largest absolute Gasteiger partial charge is 0.311 e. The summed E-state index contributed by atoms with van der Waals surface area (Å²) < 4.78 is 0. The number of hydrogen-bond acceptors (Lipinski definition) is 2. The first-order chi connectivity index (χ1) is 34.9. The number of rotatable bonds is 8. The van der Waals surface area contributed by atoms with E-state index in [-0.39, 0.29) is 5.41 Å². The Morgan fingerprint density at radius 1 is 0.361 bits per heavy atom. The fourth-order valence-corrected chi connectivity index (χ4v) is 16.7. The lowest BCUT2D eigenvalue weighted by molar-refractivity contribution is 0.660. The predicted octanol–water partition coefficient (Wildman–Crippen LogP) is 17.4. The summed E-state index contributed by atoms with van der Waals surface area (Å²) in [6.07, 6.45) is 0. The van der Waals surface area contributed by atoms with Crippen LogP contribution in [0.4, 0.5) is 34.1 Å². The van der Waals surface area contributed by atoms with Crippen molar-refractivity contribution in [2.24, 2.45) is 0 Å². The smallest absolute Gasteiger partial charge is 0.113 e. The Morgan fingerprint density at radius 3 is 1.68 bits per heavy atom. The third-order valence-electron chi connectivity index (χ3n) is 16.2. The van der Waals surface area contributed by atoms with Crippen molar-refractivity contribution in [3.8, 4) is 33.4 Å². The Balaban J connectivity index is 1.04. The first kappa shape index (κ1) is 44.2. The molecule has 0 atom stereocenters. The molecule has 0 saturated heterocycles. The number of fused-ring (bicyclic) bond motifs is 9. The van der Waals surface area contributed by atoms with Crippen LogP contribution in [0.1, 0.15) is 25.0 Å². The van der Waals surface area contributed by atoms with Crippen molar-refractivity contribution < 1.29 is 0 Å². The highest BCUT2D eigenvalue weighted by Crippen LogP contribution is 2.53. The molecule has 0 fully saturated rings. The van der Waals surface area contributed by atoms with E-state index in [1.54, 1.807) is 0 Å². The van der Waals surface area contributed by atoms with Crippen molar-refractivity contribution in [2.45, 2.75) is 52.0 Å². The van der Waals surface area contributed by atoms with Crippen LogP contribution in [0.5, 0.6) is 0 Å². The average molecular weight is 959 g/mol. The molecule has 0 spiro atoms. The minimum absolute atomic E-state index is 0.151. The molecule has 0 saturated carbocycles. The summed E-state index contributed by atoms with van der Waals surface area (Å²) >= 11 is 0. The van der Waals surface area contributed by atoms with Gasteiger partial charge in [-0.25, -0.2) is 0 Å². The van der Waals surface area contributed by atoms with Gasteiger partial charge in [0, 0.05) is 39.1 Å². The zero-order valence-electron chi connectivity index (χ0n) is 42.3. The minimum Gasteiger partial charge on any atom is -0.311 e. The lowest BCUT2D eigenvalue weighted by Gasteiger charge is -2.36. The van der Waals surface area contributed by atoms with Gasteiger partial charge in [0.15, 0.2) is 0 Å². The molecular formula is C68H58N2Si2. The molecule has 0 radical (unpaired) electrons. The fraction of sp³-hybridized carbons (Fsp3) is 0.118. The first-order valence-corrected chi connectivity index (χ1v) is 32.1. The van der Waals surface area contributed by atoms with Crippen LogP contribution in [0.15, 0.2) is 224 Å². The third kappa shape index (κ3) is 6.80. The zero-order valence-corrected chi connectivity index (χ0v) is 44.3. The predicted molar refractivity (Wildman–Crippen MR) is 316 cm³/mol. The topological polar surface area (TPSA) is 6.48 Å². The molecule has 0 amide bonds. The van der Waals surface area contributed by atoms with Gasteiger partial charge in [0.2, 0.25) is 0 Å². The summed E-state index contributed by atoms with van der Waals surface area (Å²) in [7, 11) is -3.76. The molecule has 0 aromatic heterocycles. The van der Waals surface area contributed by atoms with E-state index < -0.39 is 16.1 Å². The van der Waals surface area contributed by atoms with Crippen LogP contribution in [-0.4, -0.2) is 16.1 Å². The monoisotopic (exact) mass is 958 g/mol. The van der Waals surface area contributed by atoms with Crippen molar-refractivity contribution >= 4 is 98.1 Å². The van der Waals surface area contributed by atoms with Crippen LogP contribution >= 0.6 is 0 Å². The van der Waals surface area contributed by atoms with Gasteiger partial charge in [-0.3, -0.25) is 0 Å². The standard InChI is InChI=1S/C68H58N2Si2/c1-68(2)61-30-18-16-27-53(61)54-39-35-48(41-62(54)68)70(63-31-19-17-25-51(63)45-21-10-8-11-22-45)64-44-59-57-29-20-32-65-67(57)60(43-58(59)52-26-14-15-28-55(52)64)56-40-36-49(42-66(56)72(65,6)7)69(46-23-12-9-13-24-46)47-33-37-50(38-34-47)71(3,4)5/h8-44H,1-7H3. The normalized spacial score (nSPS) is 14.0. The van der Waals surface area contributed by atoms with Crippen molar-refractivity contribution in [1.82, 2.24) is 0 Å². The van der Waals surface area contributed by atoms with E-state index in [1.165, 1.54) is 115 Å². The van der Waals surface area contributed by atoms with Gasteiger partial charge in [-0.2, -0.15) is 0 Å². The summed E-state index contributed by atoms with van der Waals surface area (Å²) in [4.78, 5) is 5.01. The van der Waals surface area contributed by atoms with Gasteiger partial charge in [-0.15, -0.1) is 0 Å². The highest BCUT2D eigenvalue weighted by atomic mass is 28.3. The maximum Gasteiger partial charge on any atom is 0.113 e. The fourth-order valence-electron chi connectivity index (χ4n) is 12.4. The van der Waals surface area contributed by atoms with Crippen LogP contribution in [0.25, 0.3) is 65.7 Å². The highest BCUT2D eigenvalue weighted by molar-refractivity contribution is 7.03. The summed E-state index contributed by atoms with van der Waals surface area (Å²) in [5.41, 5.74) is 17.3. The Morgan fingerprint density at radius 2 is 0.931 bits per heavy atom. The molecule has 11 aromatic rings. The first-order valence-electron chi connectivity index (χ1n) is 25.6. The second kappa shape index (κ2) is 16.4. The molecule has 2 aliphatic rings. The summed E-state index contributed by atoms with van der Waals surface area (Å²) in [5.74, 6) is 0. The van der Waals surface area contributed by atoms with E-state index in [9.17, 15) is 0 Å². The van der Waals surface area contributed by atoms with E-state index >= 15 is 0 Å². The summed E-state index contributed by atoms with van der Waals surface area (Å²) in [6, 6.07) is 85.0. The van der Waals surface area contributed by atoms with E-state index in [2.05, 4.69) is 281 Å². The average Bonchev–Trinajstić information content (AvgIpc) is 3.64. The van der Waals surface area contributed by atoms with Gasteiger partial charge in [0.1, 0.15) is 8.07 Å². The molecule has 1 aliphatic carbocycles. The van der Waals surface area contributed by atoms with Crippen molar-refractivity contribution in [1.29, 1.82) is 0 Å². The van der Waals surface area contributed by atoms with E-state index in [0.717, 1.165) is 11.4 Å². The second-order valence-electron chi connectivity index (χ2n) is 22.1. The third-order valence-corrected chi connectivity index (χ3v) is 21.8. The number of benzene rings is 11. The minimum atomic E-state index is -2.28. The molecule has 348 valence electrons. The maximum atomic E-state index is 2.56. The molecule has 11 aromatic carbocycles. The van der Waals surface area contributed by atoms with Gasteiger partial charge < -0.3 is 9.80 Å². The van der Waals surface area contributed by atoms with Crippen molar-refractivity contribution in [3.05, 3.63) is 236 Å². The number of hydrogen-bond donors (Lipinski definition) is 0. The van der Waals surface area contributed by atoms with Crippen LogP contribution in [0, 0.1) is 0 Å². The van der Waals surface area contributed by atoms with Crippen LogP contribution in [0.2, 0.25) is 32.7 Å². The van der Waals surface area contributed by atoms with Gasteiger partial charge in [-0.05, 0) is 143 Å². The van der Waals surface area contributed by atoms with Crippen LogP contribution < -0.4 is 25.4 Å². The molecule has 2 nitrogen and oxygen atoms in total. The Labute approximate surface area is 426 Å². The lowest BCUT2D eigenvalue weighted by Crippen LogP contribution is -2.56. The van der Waals surface area contributed by atoms with Gasteiger partial charge in [-0.1, -0.05) is 209 Å². The second-order valence-corrected chi connectivity index (χ2v) is 31.5. The molecule has 72 heavy (non-hydrogen) atoms. The maximum absolute atomic E-state index is 2.56. The van der Waals surface area contributed by atoms with Crippen LogP contribution in [-0.2, 0) is 5.41 Å². The van der Waals surface area contributed by atoms with E-state index in [4.69, 9.17) is 0 Å². The quantitative estimate of drug-likeness (QED) is 0.111. The van der Waals surface area contributed by atoms with Gasteiger partial charge in [0.05, 0.1) is 19.4 Å². The van der Waals surface area contributed by atoms with Crippen LogP contribution in [0.3, 0.4) is 0 Å². The molecule has 0 N–H and O–H groups in total. The van der Waals surface area contributed by atoms with Gasteiger partial charge in [0.25, 0.3) is 0 Å². The van der Waals surface area contributed by atoms with Crippen molar-refractivity contribution in [2.75, 3.05) is 9.80 Å². The van der Waals surface area contributed by atoms with Crippen molar-refractivity contribution in [3.63, 3.8) is 0 Å². The molecule has 0 bridgehead atoms. The Bertz CT molecular complexity index is 3960. The SMILES string of the molecule is CC1(C)c2ccccc2-c2ccc(N(c3ccccc3-c3ccccc3)c3cc4c5cccc6c5c(cc4c4ccccc34)-c3ccc(N(c4ccccc4)c4ccc([Si](C)(C)C)cc4)cc3[Si]6(C)C)cc21. The summed E-state index contributed by atoms with van der Waals surface area (Å²) in [6.45, 7) is 17.2. The Kier molecular flexibility index (Phi) is 10.1. The molecule has 4 heteroatoms. The van der Waals surface area contributed by atoms with E-state index in [1.807, 2.05) is 0 Å². The number of para-hydroxylation sites is 2. The lowest BCUT2D eigenvalue weighted by atomic mass is 9.82. The number of nitrogens with zero attached hydrogens (tertiary/aromatic N) is 2. The molecule has 1 heterocycles. The Hall–Kier alpha value is -7.77. The van der Waals surface area contributed by atoms with Gasteiger partial charge >= 0.3 is 0 Å². The summed E-state index contributed by atoms with van der Waals surface area (Å²) in [5, 5.41) is 12.2. The molecule has 1 aliphatic heterocycles. The molecule has 0 unspecified atom stereocenters.